The van der Waals surface area contributed by atoms with Gasteiger partial charge in [0.25, 0.3) is 5.91 Å². The first-order chi connectivity index (χ1) is 13.4. The van der Waals surface area contributed by atoms with Gasteiger partial charge in [-0.1, -0.05) is 18.2 Å². The second-order valence-electron chi connectivity index (χ2n) is 6.75. The molecule has 6 nitrogen and oxygen atoms in total. The summed E-state index contributed by atoms with van der Waals surface area (Å²) < 4.78 is 5.33. The summed E-state index contributed by atoms with van der Waals surface area (Å²) in [4.78, 5) is 21.6. The molecule has 28 heavy (non-hydrogen) atoms. The van der Waals surface area contributed by atoms with Crippen LogP contribution in [0.4, 0.5) is 17.3 Å². The van der Waals surface area contributed by atoms with Gasteiger partial charge >= 0.3 is 0 Å². The summed E-state index contributed by atoms with van der Waals surface area (Å²) >= 11 is 0. The van der Waals surface area contributed by atoms with E-state index in [1.165, 1.54) is 5.56 Å². The topological polar surface area (TPSA) is 76.1 Å². The highest BCUT2D eigenvalue weighted by Gasteiger charge is 2.14. The number of carbonyl (C=O) groups excluding carboxylic acids is 1. The molecule has 0 aliphatic carbocycles. The highest BCUT2D eigenvalue weighted by molar-refractivity contribution is 6.04. The van der Waals surface area contributed by atoms with Crippen molar-refractivity contribution in [3.63, 3.8) is 0 Å². The van der Waals surface area contributed by atoms with Crippen LogP contribution in [0, 0.1) is 27.7 Å². The van der Waals surface area contributed by atoms with E-state index in [1.54, 1.807) is 13.2 Å². The van der Waals surface area contributed by atoms with E-state index >= 15 is 0 Å². The maximum atomic E-state index is 12.8. The standard InChI is InChI=1S/C22H24N4O2/c1-13-9-10-20(28-5)18(11-13)24-21(27)19-12-15(3)23-22(26-19)25-17-8-6-7-14(2)16(17)4/h6-12H,1-5H3,(H,24,27)(H,23,25,26). The van der Waals surface area contributed by atoms with E-state index in [9.17, 15) is 4.79 Å². The monoisotopic (exact) mass is 376 g/mol. The highest BCUT2D eigenvalue weighted by Crippen LogP contribution is 2.26. The molecule has 0 aliphatic heterocycles. The van der Waals surface area contributed by atoms with E-state index in [1.807, 2.05) is 64.1 Å². The highest BCUT2D eigenvalue weighted by atomic mass is 16.5. The summed E-state index contributed by atoms with van der Waals surface area (Å²) in [6.45, 7) is 7.87. The lowest BCUT2D eigenvalue weighted by molar-refractivity contribution is 0.102. The summed E-state index contributed by atoms with van der Waals surface area (Å²) in [7, 11) is 1.57. The number of carbonyl (C=O) groups is 1. The molecule has 2 N–H and O–H groups in total. The number of methoxy groups -OCH3 is 1. The van der Waals surface area contributed by atoms with Crippen LogP contribution in [-0.4, -0.2) is 23.0 Å². The van der Waals surface area contributed by atoms with Crippen molar-refractivity contribution in [3.8, 4) is 5.75 Å². The lowest BCUT2D eigenvalue weighted by Crippen LogP contribution is -2.16. The maximum absolute atomic E-state index is 12.8. The Morgan fingerprint density at radius 1 is 0.964 bits per heavy atom. The van der Waals surface area contributed by atoms with E-state index in [2.05, 4.69) is 20.6 Å². The van der Waals surface area contributed by atoms with Gasteiger partial charge in [0.2, 0.25) is 5.95 Å². The van der Waals surface area contributed by atoms with Gasteiger partial charge < -0.3 is 15.4 Å². The number of rotatable bonds is 5. The van der Waals surface area contributed by atoms with Gasteiger partial charge in [0.1, 0.15) is 11.4 Å². The van der Waals surface area contributed by atoms with Crippen LogP contribution in [0.25, 0.3) is 0 Å². The number of amides is 1. The molecule has 1 amide bonds. The molecular weight excluding hydrogens is 352 g/mol. The van der Waals surface area contributed by atoms with E-state index in [4.69, 9.17) is 4.74 Å². The van der Waals surface area contributed by atoms with Crippen LogP contribution in [0.15, 0.2) is 42.5 Å². The van der Waals surface area contributed by atoms with Gasteiger partial charge in [-0.15, -0.1) is 0 Å². The smallest absolute Gasteiger partial charge is 0.274 e. The third kappa shape index (κ3) is 4.28. The molecule has 0 unspecified atom stereocenters. The predicted octanol–water partition coefficient (Wildman–Crippen LogP) is 4.71. The predicted molar refractivity (Wildman–Crippen MR) is 112 cm³/mol. The Labute approximate surface area is 165 Å². The van der Waals surface area contributed by atoms with Gasteiger partial charge in [0.15, 0.2) is 0 Å². The largest absolute Gasteiger partial charge is 0.495 e. The van der Waals surface area contributed by atoms with Crippen molar-refractivity contribution in [1.82, 2.24) is 9.97 Å². The number of anilines is 3. The average Bonchev–Trinajstić information content (AvgIpc) is 2.65. The van der Waals surface area contributed by atoms with Crippen LogP contribution >= 0.6 is 0 Å². The number of hydrogen-bond donors (Lipinski definition) is 2. The molecular formula is C22H24N4O2. The van der Waals surface area contributed by atoms with Gasteiger partial charge in [0, 0.05) is 11.4 Å². The van der Waals surface area contributed by atoms with Gasteiger partial charge in [-0.3, -0.25) is 4.79 Å². The molecule has 2 aromatic carbocycles. The van der Waals surface area contributed by atoms with Crippen molar-refractivity contribution in [1.29, 1.82) is 0 Å². The molecule has 3 aromatic rings. The molecule has 6 heteroatoms. The van der Waals surface area contributed by atoms with Gasteiger partial charge in [-0.2, -0.15) is 0 Å². The molecule has 0 bridgehead atoms. The first-order valence-electron chi connectivity index (χ1n) is 9.02. The van der Waals surface area contributed by atoms with Crippen molar-refractivity contribution in [2.24, 2.45) is 0 Å². The fourth-order valence-electron chi connectivity index (χ4n) is 2.85. The van der Waals surface area contributed by atoms with Crippen LogP contribution in [0.2, 0.25) is 0 Å². The van der Waals surface area contributed by atoms with E-state index in [0.29, 0.717) is 23.1 Å². The normalized spacial score (nSPS) is 10.5. The minimum atomic E-state index is -0.321. The van der Waals surface area contributed by atoms with Gasteiger partial charge in [-0.25, -0.2) is 9.97 Å². The number of nitrogens with zero attached hydrogens (tertiary/aromatic N) is 2. The number of hydrogen-bond acceptors (Lipinski definition) is 5. The number of aryl methyl sites for hydroxylation is 3. The minimum absolute atomic E-state index is 0.281. The quantitative estimate of drug-likeness (QED) is 0.674. The Hall–Kier alpha value is -3.41. The Morgan fingerprint density at radius 3 is 2.50 bits per heavy atom. The number of nitrogens with one attached hydrogen (secondary N) is 2. The first-order valence-corrected chi connectivity index (χ1v) is 9.02. The summed E-state index contributed by atoms with van der Waals surface area (Å²) in [5.41, 5.74) is 5.80. The zero-order valence-corrected chi connectivity index (χ0v) is 16.8. The van der Waals surface area contributed by atoms with Gasteiger partial charge in [-0.05, 0) is 68.7 Å². The second-order valence-corrected chi connectivity index (χ2v) is 6.75. The minimum Gasteiger partial charge on any atom is -0.495 e. The summed E-state index contributed by atoms with van der Waals surface area (Å²) in [5, 5.41) is 6.09. The molecule has 0 atom stereocenters. The van der Waals surface area contributed by atoms with E-state index < -0.39 is 0 Å². The third-order valence-corrected chi connectivity index (χ3v) is 4.54. The maximum Gasteiger partial charge on any atom is 0.274 e. The molecule has 1 aromatic heterocycles. The fourth-order valence-corrected chi connectivity index (χ4v) is 2.85. The van der Waals surface area contributed by atoms with Crippen LogP contribution in [0.3, 0.4) is 0 Å². The molecule has 0 radical (unpaired) electrons. The number of benzene rings is 2. The van der Waals surface area contributed by atoms with Crippen molar-refractivity contribution < 1.29 is 9.53 Å². The lowest BCUT2D eigenvalue weighted by Gasteiger charge is -2.13. The third-order valence-electron chi connectivity index (χ3n) is 4.54. The Balaban J connectivity index is 1.88. The molecule has 0 spiro atoms. The van der Waals surface area contributed by atoms with Crippen LogP contribution in [0.1, 0.15) is 32.9 Å². The summed E-state index contributed by atoms with van der Waals surface area (Å²) in [5.74, 6) is 0.659. The Bertz CT molecular complexity index is 1030. The summed E-state index contributed by atoms with van der Waals surface area (Å²) in [6, 6.07) is 13.3. The van der Waals surface area contributed by atoms with Crippen molar-refractivity contribution in [2.45, 2.75) is 27.7 Å². The SMILES string of the molecule is COc1ccc(C)cc1NC(=O)c1cc(C)nc(Nc2cccc(C)c2C)n1. The zero-order chi connectivity index (χ0) is 20.3. The Morgan fingerprint density at radius 2 is 1.75 bits per heavy atom. The second kappa shape index (κ2) is 8.08. The molecule has 0 fully saturated rings. The average molecular weight is 376 g/mol. The Kier molecular flexibility index (Phi) is 5.59. The number of aromatic nitrogens is 2. The molecule has 0 saturated heterocycles. The van der Waals surface area contributed by atoms with Crippen LogP contribution in [-0.2, 0) is 0 Å². The fraction of sp³-hybridized carbons (Fsp3) is 0.227. The van der Waals surface area contributed by atoms with Gasteiger partial charge in [0.05, 0.1) is 12.8 Å². The van der Waals surface area contributed by atoms with E-state index in [0.717, 1.165) is 16.8 Å². The van der Waals surface area contributed by atoms with E-state index in [-0.39, 0.29) is 11.6 Å². The molecule has 1 heterocycles. The number of ether oxygens (including phenoxy) is 1. The molecule has 0 saturated carbocycles. The van der Waals surface area contributed by atoms with Crippen molar-refractivity contribution in [2.75, 3.05) is 17.7 Å². The molecule has 144 valence electrons. The van der Waals surface area contributed by atoms with Crippen LogP contribution in [0.5, 0.6) is 5.75 Å². The zero-order valence-electron chi connectivity index (χ0n) is 16.8. The molecule has 3 rings (SSSR count). The van der Waals surface area contributed by atoms with Crippen molar-refractivity contribution in [3.05, 3.63) is 70.5 Å². The van der Waals surface area contributed by atoms with Crippen molar-refractivity contribution >= 4 is 23.2 Å². The first kappa shape index (κ1) is 19.4. The molecule has 0 aliphatic rings. The lowest BCUT2D eigenvalue weighted by atomic mass is 10.1. The van der Waals surface area contributed by atoms with Crippen LogP contribution < -0.4 is 15.4 Å². The summed E-state index contributed by atoms with van der Waals surface area (Å²) in [6.07, 6.45) is 0.